The highest BCUT2D eigenvalue weighted by Gasteiger charge is 2.47. The molecule has 0 aromatic heterocycles. The maximum Gasteiger partial charge on any atom is 0.127 e. The highest BCUT2D eigenvalue weighted by atomic mass is 16.5. The molecule has 16 rings (SSSR count). The molecule has 1 aliphatic carbocycles. The van der Waals surface area contributed by atoms with E-state index in [2.05, 4.69) is 354 Å². The van der Waals surface area contributed by atoms with Crippen molar-refractivity contribution in [3.63, 3.8) is 0 Å². The van der Waals surface area contributed by atoms with E-state index in [4.69, 9.17) is 18.9 Å². The number of hydrogen-bond acceptors (Lipinski definition) is 4. The van der Waals surface area contributed by atoms with Crippen LogP contribution >= 0.6 is 0 Å². The molecule has 1 aliphatic rings. The fourth-order valence-electron chi connectivity index (χ4n) is 16.3. The summed E-state index contributed by atoms with van der Waals surface area (Å²) in [5.41, 5.74) is 32.0. The van der Waals surface area contributed by atoms with Gasteiger partial charge in [-0.05, 0) is 195 Å². The van der Waals surface area contributed by atoms with Crippen LogP contribution in [0.3, 0.4) is 0 Å². The summed E-state index contributed by atoms with van der Waals surface area (Å²) in [7, 11) is 7.12. The Balaban J connectivity index is 1.09. The summed E-state index contributed by atoms with van der Waals surface area (Å²) >= 11 is 0. The summed E-state index contributed by atoms with van der Waals surface area (Å²) in [5.74, 6) is 2.95. The van der Waals surface area contributed by atoms with Crippen LogP contribution in [-0.4, -0.2) is 28.4 Å². The van der Waals surface area contributed by atoms with Gasteiger partial charge in [-0.3, -0.25) is 0 Å². The van der Waals surface area contributed by atoms with Crippen LogP contribution in [0.2, 0.25) is 0 Å². The highest BCUT2D eigenvalue weighted by Crippen LogP contribution is 2.63. The molecule has 492 valence electrons. The molecule has 4 heteroatoms. The summed E-state index contributed by atoms with van der Waals surface area (Å²) in [6.07, 6.45) is 0.771. The van der Waals surface area contributed by atoms with E-state index in [-0.39, 0.29) is 0 Å². The second kappa shape index (κ2) is 27.7. The van der Waals surface area contributed by atoms with Crippen molar-refractivity contribution >= 4 is 0 Å². The van der Waals surface area contributed by atoms with Crippen LogP contribution in [0.4, 0.5) is 0 Å². The largest absolute Gasteiger partial charge is 0.497 e. The van der Waals surface area contributed by atoms with Crippen LogP contribution < -0.4 is 18.9 Å². The number of benzene rings is 15. The van der Waals surface area contributed by atoms with Crippen LogP contribution in [0.25, 0.3) is 134 Å². The van der Waals surface area contributed by atoms with Crippen molar-refractivity contribution in [1.82, 2.24) is 0 Å². The average molecular weight is 1320 g/mol. The Morgan fingerprint density at radius 3 is 0.814 bits per heavy atom. The van der Waals surface area contributed by atoms with Crippen LogP contribution in [-0.2, 0) is 11.8 Å². The van der Waals surface area contributed by atoms with Crippen molar-refractivity contribution < 1.29 is 18.9 Å². The Hall–Kier alpha value is -12.5. The zero-order valence-electron chi connectivity index (χ0n) is 58.2. The molecule has 0 radical (unpaired) electrons. The monoisotopic (exact) mass is 1320 g/mol. The Kier molecular flexibility index (Phi) is 17.4. The number of methoxy groups -OCH3 is 4. The minimum absolute atomic E-state index is 0.681. The molecule has 0 heterocycles. The first kappa shape index (κ1) is 64.2. The second-order valence-electron chi connectivity index (χ2n) is 26.2. The minimum atomic E-state index is -0.789. The van der Waals surface area contributed by atoms with E-state index in [1.54, 1.807) is 14.2 Å². The molecule has 4 nitrogen and oxygen atoms in total. The molecule has 0 saturated carbocycles. The van der Waals surface area contributed by atoms with Crippen molar-refractivity contribution in [2.75, 3.05) is 28.4 Å². The van der Waals surface area contributed by atoms with Gasteiger partial charge in [0.25, 0.3) is 0 Å². The fraction of sp³-hybridized carbons (Fsp3) is 0.0816. The molecule has 0 atom stereocenters. The molecule has 0 aliphatic heterocycles. The van der Waals surface area contributed by atoms with Gasteiger partial charge in [0.2, 0.25) is 0 Å². The topological polar surface area (TPSA) is 36.9 Å². The normalized spacial score (nSPS) is 11.9. The molecular weight excluding hydrogens is 1240 g/mol. The predicted octanol–water partition coefficient (Wildman–Crippen LogP) is 25.3. The third-order valence-corrected chi connectivity index (χ3v) is 20.6. The van der Waals surface area contributed by atoms with E-state index in [0.29, 0.717) is 11.5 Å². The lowest BCUT2D eigenvalue weighted by atomic mass is 9.67. The Morgan fingerprint density at radius 1 is 0.235 bits per heavy atom. The standard InChI is InChI=1S/C98H76O4/c1-7-78-87(65-32-16-8-17-33-65)89(67-36-20-10-21-37-67)96(90(68-38-22-11-23-39-68)88(78)66-34-18-9-19-35-66)81-62-86(102-6)82(63-85(81)101-5)97-93(71-44-28-14-29-45-71)91(69-40-24-12-25-41-69)95(92(70-42-26-13-27-43-70)94(97)72-46-30-15-31-47-72)73-49-59-80-79-58-48-64(2)60-83(79)98(84(80)61-73,74-50-54-76(99-3)55-51-74)75-52-56-77(100-4)57-53-75/h8-63H,7H2,1-6H3. The summed E-state index contributed by atoms with van der Waals surface area (Å²) in [4.78, 5) is 0. The van der Waals surface area contributed by atoms with E-state index < -0.39 is 5.41 Å². The summed E-state index contributed by atoms with van der Waals surface area (Å²) < 4.78 is 26.1. The molecule has 0 unspecified atom stereocenters. The highest BCUT2D eigenvalue weighted by molar-refractivity contribution is 6.17. The Bertz CT molecular complexity index is 5270. The third-order valence-electron chi connectivity index (χ3n) is 20.6. The average Bonchev–Trinajstić information content (AvgIpc) is 1.46. The van der Waals surface area contributed by atoms with Crippen molar-refractivity contribution in [2.24, 2.45) is 0 Å². The maximum absolute atomic E-state index is 7.17. The first-order valence-corrected chi connectivity index (χ1v) is 35.1. The van der Waals surface area contributed by atoms with E-state index in [9.17, 15) is 0 Å². The van der Waals surface area contributed by atoms with E-state index in [1.165, 1.54) is 44.5 Å². The number of fused-ring (bicyclic) bond motifs is 3. The Morgan fingerprint density at radius 2 is 0.510 bits per heavy atom. The molecule has 0 amide bonds. The van der Waals surface area contributed by atoms with Gasteiger partial charge in [-0.1, -0.05) is 310 Å². The minimum Gasteiger partial charge on any atom is -0.497 e. The fourth-order valence-corrected chi connectivity index (χ4v) is 16.3. The number of hydrogen-bond donors (Lipinski definition) is 0. The van der Waals surface area contributed by atoms with Crippen molar-refractivity contribution in [3.05, 3.63) is 373 Å². The summed E-state index contributed by atoms with van der Waals surface area (Å²) in [6, 6.07) is 124. The lowest BCUT2D eigenvalue weighted by Crippen LogP contribution is -2.28. The maximum atomic E-state index is 7.17. The number of ether oxygens (including phenoxy) is 4. The lowest BCUT2D eigenvalue weighted by molar-refractivity contribution is 0.406. The van der Waals surface area contributed by atoms with Crippen LogP contribution in [0.15, 0.2) is 340 Å². The zero-order chi connectivity index (χ0) is 69.3. The third kappa shape index (κ3) is 11.0. The zero-order valence-corrected chi connectivity index (χ0v) is 58.2. The van der Waals surface area contributed by atoms with Crippen molar-refractivity contribution in [2.45, 2.75) is 25.7 Å². The van der Waals surface area contributed by atoms with Crippen LogP contribution in [0, 0.1) is 6.92 Å². The molecule has 0 N–H and O–H groups in total. The first-order valence-electron chi connectivity index (χ1n) is 35.1. The van der Waals surface area contributed by atoms with Gasteiger partial charge < -0.3 is 18.9 Å². The van der Waals surface area contributed by atoms with Crippen molar-refractivity contribution in [1.29, 1.82) is 0 Å². The number of rotatable bonds is 18. The molecule has 0 spiro atoms. The van der Waals surface area contributed by atoms with Gasteiger partial charge in [0, 0.05) is 22.3 Å². The Labute approximate surface area is 599 Å². The molecule has 0 saturated heterocycles. The van der Waals surface area contributed by atoms with Crippen LogP contribution in [0.5, 0.6) is 23.0 Å². The predicted molar refractivity (Wildman–Crippen MR) is 424 cm³/mol. The van der Waals surface area contributed by atoms with Gasteiger partial charge in [0.1, 0.15) is 23.0 Å². The van der Waals surface area contributed by atoms with E-state index >= 15 is 0 Å². The van der Waals surface area contributed by atoms with Gasteiger partial charge >= 0.3 is 0 Å². The van der Waals surface area contributed by atoms with E-state index in [0.717, 1.165) is 140 Å². The lowest BCUT2D eigenvalue weighted by Gasteiger charge is -2.35. The quantitative estimate of drug-likeness (QED) is 0.0858. The summed E-state index contributed by atoms with van der Waals surface area (Å²) in [5, 5.41) is 0. The number of aryl methyl sites for hydroxylation is 1. The molecule has 102 heavy (non-hydrogen) atoms. The molecule has 0 fully saturated rings. The molecule has 0 bridgehead atoms. The van der Waals surface area contributed by atoms with Gasteiger partial charge in [0.15, 0.2) is 0 Å². The second-order valence-corrected chi connectivity index (χ2v) is 26.2. The smallest absolute Gasteiger partial charge is 0.127 e. The summed E-state index contributed by atoms with van der Waals surface area (Å²) in [6.45, 7) is 4.50. The van der Waals surface area contributed by atoms with Gasteiger partial charge in [0.05, 0.1) is 33.9 Å². The molecule has 15 aromatic rings. The van der Waals surface area contributed by atoms with Gasteiger partial charge in [-0.25, -0.2) is 0 Å². The van der Waals surface area contributed by atoms with Crippen molar-refractivity contribution in [3.8, 4) is 157 Å². The van der Waals surface area contributed by atoms with Crippen LogP contribution in [0.1, 0.15) is 40.3 Å². The van der Waals surface area contributed by atoms with Gasteiger partial charge in [-0.15, -0.1) is 0 Å². The molecular formula is C98H76O4. The van der Waals surface area contributed by atoms with E-state index in [1.807, 2.05) is 14.2 Å². The molecule has 15 aromatic carbocycles. The SMILES string of the molecule is CCc1c(-c2ccccc2)c(-c2ccccc2)c(-c2cc(OC)c(-c3c(-c4ccccc4)c(-c4ccccc4)c(-c4ccc5c(c4)C(c4ccc(OC)cc4)(c4ccc(OC)cc4)c4cc(C)ccc4-5)c(-c4ccccc4)c3-c3ccccc3)cc2OC)c(-c2ccccc2)c1-c1ccccc1. The van der Waals surface area contributed by atoms with Gasteiger partial charge in [-0.2, -0.15) is 0 Å². The first-order chi connectivity index (χ1) is 50.3.